The minimum Gasteiger partial charge on any atom is -0.296 e. The molecule has 0 spiro atoms. The molecule has 1 unspecified atom stereocenters. The zero-order chi connectivity index (χ0) is 14.1. The minimum atomic E-state index is -0.198. The molecule has 20 heavy (non-hydrogen) atoms. The maximum Gasteiger partial charge on any atom is 0.167 e. The van der Waals surface area contributed by atoms with E-state index in [1.165, 1.54) is 23.4 Å². The monoisotopic (exact) mass is 401 g/mol. The van der Waals surface area contributed by atoms with E-state index in [1.54, 1.807) is 9.12 Å². The molecule has 0 fully saturated rings. The second kappa shape index (κ2) is 5.89. The molecule has 0 bridgehead atoms. The van der Waals surface area contributed by atoms with Gasteiger partial charge in [0.1, 0.15) is 5.82 Å². The van der Waals surface area contributed by atoms with Crippen molar-refractivity contribution in [3.63, 3.8) is 0 Å². The fourth-order valence-corrected chi connectivity index (χ4v) is 4.77. The van der Waals surface area contributed by atoms with Gasteiger partial charge >= 0.3 is 0 Å². The normalized spacial score (nSPS) is 17.2. The molecular weight excluding hydrogens is 388 g/mol. The minimum absolute atomic E-state index is 0.198. The molecule has 1 aromatic carbocycles. The number of fused-ring (bicyclic) bond motifs is 1. The van der Waals surface area contributed by atoms with E-state index in [4.69, 9.17) is 0 Å². The number of carbonyl (C=O) groups is 1. The van der Waals surface area contributed by atoms with E-state index in [-0.39, 0.29) is 5.82 Å². The third kappa shape index (κ3) is 2.53. The third-order valence-electron chi connectivity index (χ3n) is 3.87. The van der Waals surface area contributed by atoms with Gasteiger partial charge < -0.3 is 0 Å². The number of hydrogen-bond donors (Lipinski definition) is 0. The lowest BCUT2D eigenvalue weighted by Gasteiger charge is -2.09. The number of aromatic nitrogens is 1. The van der Waals surface area contributed by atoms with E-state index in [2.05, 4.69) is 21.2 Å². The third-order valence-corrected chi connectivity index (χ3v) is 5.62. The van der Waals surface area contributed by atoms with Crippen LogP contribution in [0.1, 0.15) is 39.6 Å². The highest BCUT2D eigenvalue weighted by molar-refractivity contribution is 14.2. The van der Waals surface area contributed by atoms with Crippen LogP contribution < -0.4 is 0 Å². The van der Waals surface area contributed by atoms with Gasteiger partial charge in [-0.25, -0.2) is 4.39 Å². The van der Waals surface area contributed by atoms with Crippen LogP contribution in [0.5, 0.6) is 0 Å². The van der Waals surface area contributed by atoms with Crippen LogP contribution in [0.4, 0.5) is 4.39 Å². The van der Waals surface area contributed by atoms with Crippen molar-refractivity contribution in [2.45, 2.75) is 25.2 Å². The molecule has 0 N–H and O–H groups in total. The predicted octanol–water partition coefficient (Wildman–Crippen LogP) is 4.56. The highest BCUT2D eigenvalue weighted by atomic mass is 127. The Kier molecular flexibility index (Phi) is 4.16. The smallest absolute Gasteiger partial charge is 0.167 e. The Balaban J connectivity index is 1.87. The molecule has 0 amide bonds. The molecule has 1 aliphatic carbocycles. The van der Waals surface area contributed by atoms with Crippen molar-refractivity contribution in [2.75, 3.05) is 0 Å². The van der Waals surface area contributed by atoms with Gasteiger partial charge in [0, 0.05) is 36.0 Å². The molecule has 0 aliphatic heterocycles. The van der Waals surface area contributed by atoms with E-state index in [1.807, 2.05) is 22.2 Å². The lowest BCUT2D eigenvalue weighted by atomic mass is 9.95. The highest BCUT2D eigenvalue weighted by Gasteiger charge is 2.28. The Labute approximate surface area is 133 Å². The summed E-state index contributed by atoms with van der Waals surface area (Å²) >= 11 is 2.21. The van der Waals surface area contributed by atoms with Crippen molar-refractivity contribution in [1.29, 1.82) is 0 Å². The summed E-state index contributed by atoms with van der Waals surface area (Å²) in [6, 6.07) is 8.72. The first-order valence-corrected chi connectivity index (χ1v) is 9.77. The zero-order valence-corrected chi connectivity index (χ0v) is 13.7. The van der Waals surface area contributed by atoms with Gasteiger partial charge in [-0.1, -0.05) is 12.1 Å². The number of nitrogens with zero attached hydrogens (tertiary/aromatic N) is 1. The van der Waals surface area contributed by atoms with Crippen LogP contribution in [-0.4, -0.2) is 10.3 Å². The van der Waals surface area contributed by atoms with E-state index in [9.17, 15) is 9.18 Å². The van der Waals surface area contributed by atoms with Gasteiger partial charge in [-0.2, -0.15) is 0 Å². The first-order valence-electron chi connectivity index (χ1n) is 6.46. The molecule has 3 rings (SSSR count). The molecule has 1 atom stereocenters. The lowest BCUT2D eigenvalue weighted by Crippen LogP contribution is -1.98. The molecule has 1 aromatic heterocycles. The summed E-state index contributed by atoms with van der Waals surface area (Å²) in [6.45, 7) is 0. The van der Waals surface area contributed by atoms with Crippen LogP contribution >= 0.6 is 30.3 Å². The molecule has 5 heteroatoms. The van der Waals surface area contributed by atoms with Crippen molar-refractivity contribution < 1.29 is 9.18 Å². The number of benzene rings is 1. The van der Waals surface area contributed by atoms with Gasteiger partial charge in [-0.05, 0) is 54.5 Å². The van der Waals surface area contributed by atoms with Crippen molar-refractivity contribution in [3.05, 3.63) is 58.7 Å². The van der Waals surface area contributed by atoms with Crippen LogP contribution in [0.3, 0.4) is 0 Å². The maximum atomic E-state index is 12.9. The van der Waals surface area contributed by atoms with E-state index in [0.29, 0.717) is 5.92 Å². The summed E-state index contributed by atoms with van der Waals surface area (Å²) in [4.78, 5) is 11.1. The molecule has 1 aliphatic rings. The highest BCUT2D eigenvalue weighted by Crippen LogP contribution is 2.40. The van der Waals surface area contributed by atoms with Gasteiger partial charge in [0.15, 0.2) is 6.29 Å². The molecule has 1 heterocycles. The largest absolute Gasteiger partial charge is 0.296 e. The van der Waals surface area contributed by atoms with Crippen LogP contribution in [0.25, 0.3) is 0 Å². The summed E-state index contributed by atoms with van der Waals surface area (Å²) in [5, 5.41) is 0. The first kappa shape index (κ1) is 14.1. The molecule has 2 nitrogen and oxygen atoms in total. The number of carbonyl (C=O) groups excluding carboxylic acids is 1. The number of halogens is 2. The van der Waals surface area contributed by atoms with Gasteiger partial charge in [-0.15, -0.1) is 0 Å². The average Bonchev–Trinajstić information content (AvgIpc) is 3.00. The Morgan fingerprint density at radius 3 is 2.80 bits per heavy atom. The molecule has 2 aromatic rings. The summed E-state index contributed by atoms with van der Waals surface area (Å²) in [5.41, 5.74) is 4.42. The fraction of sp³-hybridized carbons (Fsp3) is 0.267. The van der Waals surface area contributed by atoms with Crippen LogP contribution in [0.15, 0.2) is 30.3 Å². The fourth-order valence-electron chi connectivity index (χ4n) is 2.92. The zero-order valence-electron chi connectivity index (χ0n) is 10.7. The second-order valence-corrected chi connectivity index (χ2v) is 6.70. The quantitative estimate of drug-likeness (QED) is 0.554. The lowest BCUT2D eigenvalue weighted by molar-refractivity contribution is 0.111. The van der Waals surface area contributed by atoms with E-state index < -0.39 is 0 Å². The van der Waals surface area contributed by atoms with E-state index in [0.717, 1.165) is 36.8 Å². The molecular formula is C15H13FINOS. The Morgan fingerprint density at radius 1 is 1.40 bits per heavy atom. The summed E-state index contributed by atoms with van der Waals surface area (Å²) in [5.74, 6) is 0.232. The number of rotatable bonds is 4. The maximum absolute atomic E-state index is 12.9. The van der Waals surface area contributed by atoms with Crippen LogP contribution in [0, 0.1) is 5.82 Å². The second-order valence-electron chi connectivity index (χ2n) is 5.02. The molecule has 0 radical (unpaired) electrons. The van der Waals surface area contributed by atoms with Crippen LogP contribution in [0.2, 0.25) is 0 Å². The summed E-state index contributed by atoms with van der Waals surface area (Å²) in [7, 11) is 1.55. The van der Waals surface area contributed by atoms with Gasteiger partial charge in [-0.3, -0.25) is 8.77 Å². The molecule has 0 saturated carbocycles. The van der Waals surface area contributed by atoms with Crippen molar-refractivity contribution in [3.8, 4) is 0 Å². The average molecular weight is 401 g/mol. The number of hydrogen-bond acceptors (Lipinski definition) is 2. The molecule has 104 valence electrons. The van der Waals surface area contributed by atoms with E-state index >= 15 is 0 Å². The van der Waals surface area contributed by atoms with Crippen molar-refractivity contribution in [2.24, 2.45) is 0 Å². The Hall–Kier alpha value is -0.820. The molecule has 0 saturated heterocycles. The Bertz CT molecular complexity index is 638. The summed E-state index contributed by atoms with van der Waals surface area (Å²) < 4.78 is 15.0. The SMILES string of the molecule is O=Cc1cc2c(n1SI)CCC2Cc1ccc(F)cc1. The van der Waals surface area contributed by atoms with Gasteiger partial charge in [0.25, 0.3) is 0 Å². The van der Waals surface area contributed by atoms with Crippen LogP contribution in [-0.2, 0) is 12.8 Å². The summed E-state index contributed by atoms with van der Waals surface area (Å²) in [6.07, 6.45) is 3.92. The topological polar surface area (TPSA) is 22.0 Å². The number of aldehydes is 1. The Morgan fingerprint density at radius 2 is 2.15 bits per heavy atom. The van der Waals surface area contributed by atoms with Crippen molar-refractivity contribution in [1.82, 2.24) is 3.97 Å². The van der Waals surface area contributed by atoms with Gasteiger partial charge in [0.2, 0.25) is 0 Å². The standard InChI is InChI=1S/C15H13FINOS/c16-12-4-1-10(2-5-12)7-11-3-6-15-14(11)8-13(9-19)18(15)20-17/h1-2,4-5,8-9,11H,3,6-7H2. The van der Waals surface area contributed by atoms with Gasteiger partial charge in [0.05, 0.1) is 5.69 Å². The first-order chi connectivity index (χ1) is 9.72. The van der Waals surface area contributed by atoms with Crippen molar-refractivity contribution >= 4 is 36.6 Å². The predicted molar refractivity (Wildman–Crippen MR) is 88.0 cm³/mol.